The van der Waals surface area contributed by atoms with Gasteiger partial charge in [0, 0.05) is 10.6 Å². The Balaban J connectivity index is 1.76. The van der Waals surface area contributed by atoms with E-state index >= 15 is 0 Å². The zero-order valence-electron chi connectivity index (χ0n) is 15.6. The normalized spacial score (nSPS) is 16.3. The minimum absolute atomic E-state index is 0.259. The van der Waals surface area contributed by atoms with Gasteiger partial charge < -0.3 is 10.1 Å². The lowest BCUT2D eigenvalue weighted by molar-refractivity contribution is -0.136. The summed E-state index contributed by atoms with van der Waals surface area (Å²) in [6.07, 6.45) is 8.67. The van der Waals surface area contributed by atoms with Gasteiger partial charge in [-0.1, -0.05) is 6.42 Å². The van der Waals surface area contributed by atoms with Crippen LogP contribution in [0.5, 0.6) is 0 Å². The number of thiophene rings is 1. The summed E-state index contributed by atoms with van der Waals surface area (Å²) in [5.74, 6) is -2.09. The van der Waals surface area contributed by atoms with Crippen LogP contribution >= 0.6 is 11.3 Å². The van der Waals surface area contributed by atoms with E-state index in [-0.39, 0.29) is 6.61 Å². The number of carbonyl (C=O) groups excluding carboxylic acids is 3. The monoisotopic (exact) mass is 391 g/mol. The number of aryl methyl sites for hydroxylation is 1. The molecule has 0 atom stereocenters. The lowest BCUT2D eigenvalue weighted by Gasteiger charge is -2.08. The molecule has 3 rings (SSSR count). The molecule has 2 amide bonds. The van der Waals surface area contributed by atoms with E-state index in [1.54, 1.807) is 6.92 Å². The molecule has 2 N–H and O–H groups in total. The fraction of sp³-hybridized carbons (Fsp3) is 0.579. The summed E-state index contributed by atoms with van der Waals surface area (Å²) in [6.45, 7) is 2.01. The number of hydrazone groups is 1. The smallest absolute Gasteiger partial charge is 0.341 e. The topological polar surface area (TPSA) is 96.9 Å². The Morgan fingerprint density at radius 2 is 1.70 bits per heavy atom. The number of hydrogen-bond donors (Lipinski definition) is 2. The van der Waals surface area contributed by atoms with Crippen molar-refractivity contribution in [3.8, 4) is 0 Å². The number of hydrogen-bond acceptors (Lipinski definition) is 6. The molecule has 2 aliphatic rings. The van der Waals surface area contributed by atoms with Crippen LogP contribution in [-0.2, 0) is 27.2 Å². The van der Waals surface area contributed by atoms with E-state index in [4.69, 9.17) is 4.74 Å². The zero-order valence-corrected chi connectivity index (χ0v) is 16.4. The molecule has 1 aromatic rings. The van der Waals surface area contributed by atoms with Crippen LogP contribution < -0.4 is 10.7 Å². The Labute approximate surface area is 162 Å². The van der Waals surface area contributed by atoms with Crippen LogP contribution in [0, 0.1) is 0 Å². The van der Waals surface area contributed by atoms with Gasteiger partial charge in [0.1, 0.15) is 5.00 Å². The van der Waals surface area contributed by atoms with Crippen LogP contribution in [0.3, 0.4) is 0 Å². The van der Waals surface area contributed by atoms with Crippen LogP contribution in [0.15, 0.2) is 5.10 Å². The maximum Gasteiger partial charge on any atom is 0.341 e. The van der Waals surface area contributed by atoms with Gasteiger partial charge in [0.2, 0.25) is 0 Å². The predicted molar refractivity (Wildman–Crippen MR) is 104 cm³/mol. The van der Waals surface area contributed by atoms with E-state index in [1.165, 1.54) is 11.3 Å². The number of nitrogens with one attached hydrogen (secondary N) is 2. The number of amides is 2. The summed E-state index contributed by atoms with van der Waals surface area (Å²) in [4.78, 5) is 37.9. The zero-order chi connectivity index (χ0) is 19.2. The quantitative estimate of drug-likeness (QED) is 0.356. The highest BCUT2D eigenvalue weighted by molar-refractivity contribution is 7.17. The minimum atomic E-state index is -0.826. The van der Waals surface area contributed by atoms with Crippen LogP contribution in [0.4, 0.5) is 5.00 Å². The van der Waals surface area contributed by atoms with Crippen molar-refractivity contribution in [2.24, 2.45) is 5.10 Å². The first kappa shape index (κ1) is 19.5. The fourth-order valence-corrected chi connectivity index (χ4v) is 4.76. The first-order chi connectivity index (χ1) is 13.1. The van der Waals surface area contributed by atoms with Crippen molar-refractivity contribution >= 4 is 39.8 Å². The van der Waals surface area contributed by atoms with Gasteiger partial charge in [-0.15, -0.1) is 11.3 Å². The number of rotatable bonds is 4. The van der Waals surface area contributed by atoms with Crippen molar-refractivity contribution in [1.82, 2.24) is 5.43 Å². The summed E-state index contributed by atoms with van der Waals surface area (Å²) >= 11 is 1.37. The lowest BCUT2D eigenvalue weighted by atomic mass is 10.1. The molecule has 1 heterocycles. The Bertz CT molecular complexity index is 761. The summed E-state index contributed by atoms with van der Waals surface area (Å²) in [5, 5.41) is 7.02. The first-order valence-electron chi connectivity index (χ1n) is 9.58. The molecule has 27 heavy (non-hydrogen) atoms. The highest BCUT2D eigenvalue weighted by Gasteiger charge is 2.28. The third-order valence-electron chi connectivity index (χ3n) is 4.83. The van der Waals surface area contributed by atoms with Gasteiger partial charge in [-0.3, -0.25) is 9.59 Å². The minimum Gasteiger partial charge on any atom is -0.462 e. The number of fused-ring (bicyclic) bond motifs is 1. The molecule has 2 aliphatic carbocycles. The largest absolute Gasteiger partial charge is 0.462 e. The molecule has 8 heteroatoms. The standard InChI is InChI=1S/C19H25N3O4S/c1-2-26-19(25)15-13-10-4-3-5-11-14(13)27-18(15)20-16(23)17(24)22-21-12-8-6-7-9-12/h2-11H2,1H3,(H,20,23)(H,22,24). The van der Waals surface area contributed by atoms with Gasteiger partial charge in [0.15, 0.2) is 0 Å². The number of nitrogens with zero attached hydrogens (tertiary/aromatic N) is 1. The highest BCUT2D eigenvalue weighted by atomic mass is 32.1. The Morgan fingerprint density at radius 1 is 1.00 bits per heavy atom. The van der Waals surface area contributed by atoms with E-state index < -0.39 is 17.8 Å². The van der Waals surface area contributed by atoms with Gasteiger partial charge in [0.25, 0.3) is 0 Å². The predicted octanol–water partition coefficient (Wildman–Crippen LogP) is 3.18. The number of esters is 1. The molecule has 0 spiro atoms. The van der Waals surface area contributed by atoms with Crippen molar-refractivity contribution in [2.45, 2.75) is 64.7 Å². The SMILES string of the molecule is CCOC(=O)c1c(NC(=O)C(=O)NN=C2CCCC2)sc2c1CCCCC2. The van der Waals surface area contributed by atoms with Crippen molar-refractivity contribution in [1.29, 1.82) is 0 Å². The summed E-state index contributed by atoms with van der Waals surface area (Å²) in [7, 11) is 0. The molecule has 0 saturated heterocycles. The molecule has 146 valence electrons. The average molecular weight is 391 g/mol. The van der Waals surface area contributed by atoms with Crippen molar-refractivity contribution in [3.63, 3.8) is 0 Å². The maximum atomic E-state index is 12.5. The Hall–Kier alpha value is -2.22. The maximum absolute atomic E-state index is 12.5. The van der Waals surface area contributed by atoms with Gasteiger partial charge in [-0.2, -0.15) is 5.10 Å². The first-order valence-corrected chi connectivity index (χ1v) is 10.4. The fourth-order valence-electron chi connectivity index (χ4n) is 3.49. The second-order valence-corrected chi connectivity index (χ2v) is 7.87. The molecule has 0 bridgehead atoms. The van der Waals surface area contributed by atoms with Gasteiger partial charge in [0.05, 0.1) is 12.2 Å². The molecule has 7 nitrogen and oxygen atoms in total. The van der Waals surface area contributed by atoms with Crippen LogP contribution in [0.1, 0.15) is 72.7 Å². The van der Waals surface area contributed by atoms with Crippen molar-refractivity contribution in [3.05, 3.63) is 16.0 Å². The molecule has 1 saturated carbocycles. The summed E-state index contributed by atoms with van der Waals surface area (Å²) < 4.78 is 5.18. The third-order valence-corrected chi connectivity index (χ3v) is 6.04. The molecule has 1 fully saturated rings. The Kier molecular flexibility index (Phi) is 6.60. The van der Waals surface area contributed by atoms with Crippen molar-refractivity contribution < 1.29 is 19.1 Å². The third kappa shape index (κ3) is 4.74. The lowest BCUT2D eigenvalue weighted by Crippen LogP contribution is -2.33. The summed E-state index contributed by atoms with van der Waals surface area (Å²) in [5.41, 5.74) is 4.59. The molecule has 0 unspecified atom stereocenters. The number of carbonyl (C=O) groups is 3. The van der Waals surface area contributed by atoms with E-state index in [2.05, 4.69) is 15.8 Å². The van der Waals surface area contributed by atoms with Crippen LogP contribution in [0.2, 0.25) is 0 Å². The second-order valence-electron chi connectivity index (χ2n) is 6.77. The van der Waals surface area contributed by atoms with Crippen LogP contribution in [0.25, 0.3) is 0 Å². The number of anilines is 1. The number of ether oxygens (including phenoxy) is 1. The van der Waals surface area contributed by atoms with Gasteiger partial charge in [-0.05, 0) is 63.9 Å². The van der Waals surface area contributed by atoms with Crippen LogP contribution in [-0.4, -0.2) is 30.1 Å². The average Bonchev–Trinajstić information content (AvgIpc) is 3.22. The highest BCUT2D eigenvalue weighted by Crippen LogP contribution is 2.38. The van der Waals surface area contributed by atoms with E-state index in [0.717, 1.165) is 73.9 Å². The van der Waals surface area contributed by atoms with E-state index in [9.17, 15) is 14.4 Å². The summed E-state index contributed by atoms with van der Waals surface area (Å²) in [6, 6.07) is 0. The molecule has 0 radical (unpaired) electrons. The van der Waals surface area contributed by atoms with E-state index in [1.807, 2.05) is 0 Å². The van der Waals surface area contributed by atoms with E-state index in [0.29, 0.717) is 10.6 Å². The molecule has 1 aromatic heterocycles. The van der Waals surface area contributed by atoms with Gasteiger partial charge >= 0.3 is 17.8 Å². The molecule has 0 aromatic carbocycles. The van der Waals surface area contributed by atoms with Gasteiger partial charge in [-0.25, -0.2) is 10.2 Å². The molecular weight excluding hydrogens is 366 g/mol. The second kappa shape index (κ2) is 9.12. The molecular formula is C19H25N3O4S. The van der Waals surface area contributed by atoms with Crippen molar-refractivity contribution in [2.75, 3.05) is 11.9 Å². The molecule has 0 aliphatic heterocycles. The Morgan fingerprint density at radius 3 is 2.44 bits per heavy atom.